The van der Waals surface area contributed by atoms with Gasteiger partial charge in [-0.05, 0) is 48.1 Å². The molecule has 0 spiro atoms. The molecule has 19 heavy (non-hydrogen) atoms. The Bertz CT molecular complexity index is 547. The maximum absolute atomic E-state index is 12.9. The van der Waals surface area contributed by atoms with Crippen LogP contribution in [0.1, 0.15) is 35.6 Å². The molecule has 0 saturated heterocycles. The number of aryl methyl sites for hydroxylation is 1. The van der Waals surface area contributed by atoms with Gasteiger partial charge in [-0.2, -0.15) is 0 Å². The minimum atomic E-state index is -0.174. The van der Waals surface area contributed by atoms with Crippen molar-refractivity contribution in [3.8, 4) is 0 Å². The Labute approximate surface area is 113 Å². The fraction of sp³-hybridized carbons (Fsp3) is 0.294. The van der Waals surface area contributed by atoms with Gasteiger partial charge in [0.1, 0.15) is 5.82 Å². The second-order valence-corrected chi connectivity index (χ2v) is 5.15. The summed E-state index contributed by atoms with van der Waals surface area (Å²) in [6, 6.07) is 15.8. The van der Waals surface area contributed by atoms with Gasteiger partial charge in [-0.1, -0.05) is 36.4 Å². The molecule has 0 aliphatic heterocycles. The van der Waals surface area contributed by atoms with Gasteiger partial charge >= 0.3 is 0 Å². The summed E-state index contributed by atoms with van der Waals surface area (Å²) in [6.45, 7) is 0.791. The lowest BCUT2D eigenvalue weighted by molar-refractivity contribution is 0.459. The van der Waals surface area contributed by atoms with Crippen molar-refractivity contribution in [1.82, 2.24) is 5.32 Å². The largest absolute Gasteiger partial charge is 0.306 e. The molecule has 1 N–H and O–H groups in total. The van der Waals surface area contributed by atoms with Crippen LogP contribution < -0.4 is 5.32 Å². The molecule has 3 rings (SSSR count). The fourth-order valence-electron chi connectivity index (χ4n) is 2.81. The van der Waals surface area contributed by atoms with E-state index in [-0.39, 0.29) is 5.82 Å². The summed E-state index contributed by atoms with van der Waals surface area (Å²) in [4.78, 5) is 0. The molecule has 0 radical (unpaired) electrons. The van der Waals surface area contributed by atoms with Gasteiger partial charge in [0.2, 0.25) is 0 Å². The van der Waals surface area contributed by atoms with Crippen molar-refractivity contribution in [1.29, 1.82) is 0 Å². The topological polar surface area (TPSA) is 12.0 Å². The first kappa shape index (κ1) is 12.4. The lowest BCUT2D eigenvalue weighted by Crippen LogP contribution is -2.24. The first-order valence-electron chi connectivity index (χ1n) is 6.88. The average molecular weight is 255 g/mol. The van der Waals surface area contributed by atoms with E-state index in [4.69, 9.17) is 0 Å². The Hall–Kier alpha value is -1.67. The first-order valence-corrected chi connectivity index (χ1v) is 6.88. The molecule has 1 nitrogen and oxygen atoms in total. The number of nitrogens with one attached hydrogen (secondary N) is 1. The molecule has 0 aromatic heterocycles. The lowest BCUT2D eigenvalue weighted by atomic mass is 9.87. The minimum Gasteiger partial charge on any atom is -0.306 e. The number of rotatable bonds is 3. The normalized spacial score (nSPS) is 18.1. The summed E-state index contributed by atoms with van der Waals surface area (Å²) in [7, 11) is 0. The van der Waals surface area contributed by atoms with Crippen molar-refractivity contribution in [3.05, 3.63) is 71.0 Å². The van der Waals surface area contributed by atoms with Gasteiger partial charge in [0, 0.05) is 12.6 Å². The van der Waals surface area contributed by atoms with Gasteiger partial charge in [-0.3, -0.25) is 0 Å². The van der Waals surface area contributed by atoms with Crippen LogP contribution in [0, 0.1) is 5.82 Å². The Kier molecular flexibility index (Phi) is 3.60. The van der Waals surface area contributed by atoms with Crippen molar-refractivity contribution < 1.29 is 4.39 Å². The minimum absolute atomic E-state index is 0.174. The van der Waals surface area contributed by atoms with Gasteiger partial charge in [0.15, 0.2) is 0 Å². The zero-order valence-corrected chi connectivity index (χ0v) is 10.9. The van der Waals surface area contributed by atoms with E-state index < -0.39 is 0 Å². The van der Waals surface area contributed by atoms with Crippen molar-refractivity contribution in [2.75, 3.05) is 0 Å². The highest BCUT2D eigenvalue weighted by Gasteiger charge is 2.18. The van der Waals surface area contributed by atoms with Gasteiger partial charge in [-0.25, -0.2) is 4.39 Å². The highest BCUT2D eigenvalue weighted by atomic mass is 19.1. The molecule has 1 aliphatic rings. The third-order valence-electron chi connectivity index (χ3n) is 3.84. The second kappa shape index (κ2) is 5.54. The van der Waals surface area contributed by atoms with E-state index in [1.807, 2.05) is 12.1 Å². The molecular formula is C17H18FN. The summed E-state index contributed by atoms with van der Waals surface area (Å²) in [6.07, 6.45) is 3.60. The summed E-state index contributed by atoms with van der Waals surface area (Å²) in [5.41, 5.74) is 4.02. The van der Waals surface area contributed by atoms with Crippen molar-refractivity contribution >= 4 is 0 Å². The quantitative estimate of drug-likeness (QED) is 0.874. The number of benzene rings is 2. The van der Waals surface area contributed by atoms with E-state index in [9.17, 15) is 4.39 Å². The zero-order valence-electron chi connectivity index (χ0n) is 10.9. The van der Waals surface area contributed by atoms with Crippen molar-refractivity contribution in [2.45, 2.75) is 31.8 Å². The second-order valence-electron chi connectivity index (χ2n) is 5.15. The smallest absolute Gasteiger partial charge is 0.123 e. The molecule has 0 amide bonds. The third kappa shape index (κ3) is 2.85. The number of hydrogen-bond acceptors (Lipinski definition) is 1. The molecule has 1 unspecified atom stereocenters. The predicted octanol–water partition coefficient (Wildman–Crippen LogP) is 3.99. The molecular weight excluding hydrogens is 237 g/mol. The molecule has 0 saturated carbocycles. The van der Waals surface area contributed by atoms with Crippen LogP contribution in [0.4, 0.5) is 4.39 Å². The van der Waals surface area contributed by atoms with Crippen LogP contribution in [0.25, 0.3) is 0 Å². The monoisotopic (exact) mass is 255 g/mol. The Morgan fingerprint density at radius 3 is 2.68 bits per heavy atom. The highest BCUT2D eigenvalue weighted by Crippen LogP contribution is 2.29. The first-order chi connectivity index (χ1) is 9.33. The van der Waals surface area contributed by atoms with Crippen LogP contribution in [0.2, 0.25) is 0 Å². The van der Waals surface area contributed by atoms with Crippen LogP contribution >= 0.6 is 0 Å². The highest BCUT2D eigenvalue weighted by molar-refractivity contribution is 5.32. The lowest BCUT2D eigenvalue weighted by Gasteiger charge is -2.26. The predicted molar refractivity (Wildman–Crippen MR) is 75.4 cm³/mol. The molecule has 0 heterocycles. The molecule has 2 heteroatoms. The molecule has 0 bridgehead atoms. The number of hydrogen-bond donors (Lipinski definition) is 1. The van der Waals surface area contributed by atoms with Crippen molar-refractivity contribution in [3.63, 3.8) is 0 Å². The van der Waals surface area contributed by atoms with Crippen LogP contribution in [-0.4, -0.2) is 0 Å². The van der Waals surface area contributed by atoms with E-state index in [2.05, 4.69) is 29.6 Å². The Morgan fingerprint density at radius 2 is 1.84 bits per heavy atom. The molecule has 1 aliphatic carbocycles. The van der Waals surface area contributed by atoms with Crippen LogP contribution in [0.3, 0.4) is 0 Å². The summed E-state index contributed by atoms with van der Waals surface area (Å²) in [5, 5.41) is 3.59. The van der Waals surface area contributed by atoms with Crippen LogP contribution in [0.5, 0.6) is 0 Å². The van der Waals surface area contributed by atoms with E-state index in [1.165, 1.54) is 42.5 Å². The Morgan fingerprint density at radius 1 is 1.05 bits per heavy atom. The summed E-state index contributed by atoms with van der Waals surface area (Å²) >= 11 is 0. The van der Waals surface area contributed by atoms with Crippen molar-refractivity contribution in [2.24, 2.45) is 0 Å². The fourth-order valence-corrected chi connectivity index (χ4v) is 2.81. The maximum atomic E-state index is 12.9. The van der Waals surface area contributed by atoms with E-state index in [0.29, 0.717) is 6.04 Å². The van der Waals surface area contributed by atoms with Gasteiger partial charge < -0.3 is 5.32 Å². The molecule has 1 atom stereocenters. The summed E-state index contributed by atoms with van der Waals surface area (Å²) < 4.78 is 12.9. The Balaban J connectivity index is 1.69. The molecule has 98 valence electrons. The van der Waals surface area contributed by atoms with Gasteiger partial charge in [-0.15, -0.1) is 0 Å². The number of fused-ring (bicyclic) bond motifs is 1. The van der Waals surface area contributed by atoms with Crippen LogP contribution in [0.15, 0.2) is 48.5 Å². The van der Waals surface area contributed by atoms with E-state index >= 15 is 0 Å². The zero-order chi connectivity index (χ0) is 13.1. The van der Waals surface area contributed by atoms with E-state index in [0.717, 1.165) is 12.1 Å². The maximum Gasteiger partial charge on any atom is 0.123 e. The molecule has 0 fully saturated rings. The number of halogens is 1. The standard InChI is InChI=1S/C17H18FN/c18-15-10-8-13(9-11-15)12-19-17-7-3-5-14-4-1-2-6-16(14)17/h1-2,4,6,8-11,17,19H,3,5,7,12H2. The van der Waals surface area contributed by atoms with Gasteiger partial charge in [0.05, 0.1) is 0 Å². The van der Waals surface area contributed by atoms with E-state index in [1.54, 1.807) is 0 Å². The SMILES string of the molecule is Fc1ccc(CNC2CCCc3ccccc32)cc1. The molecule has 2 aromatic carbocycles. The van der Waals surface area contributed by atoms with Crippen LogP contribution in [-0.2, 0) is 13.0 Å². The third-order valence-corrected chi connectivity index (χ3v) is 3.84. The average Bonchev–Trinajstić information content (AvgIpc) is 2.47. The van der Waals surface area contributed by atoms with Gasteiger partial charge in [0.25, 0.3) is 0 Å². The summed E-state index contributed by atoms with van der Waals surface area (Å²) in [5.74, 6) is -0.174. The molecule has 2 aromatic rings.